The number of esters is 1. The van der Waals surface area contributed by atoms with Crippen LogP contribution in [-0.2, 0) is 9.53 Å². The van der Waals surface area contributed by atoms with Crippen LogP contribution in [0.3, 0.4) is 0 Å². The third-order valence-corrected chi connectivity index (χ3v) is 2.51. The highest BCUT2D eigenvalue weighted by Gasteiger charge is 2.16. The lowest BCUT2D eigenvalue weighted by atomic mass is 10.2. The minimum absolute atomic E-state index is 0.0418. The maximum atomic E-state index is 11.9. The lowest BCUT2D eigenvalue weighted by Crippen LogP contribution is -2.27. The molecule has 0 unspecified atom stereocenters. The van der Waals surface area contributed by atoms with Gasteiger partial charge >= 0.3 is 5.97 Å². The van der Waals surface area contributed by atoms with Crippen molar-refractivity contribution in [2.45, 2.75) is 0 Å². The van der Waals surface area contributed by atoms with Crippen molar-refractivity contribution in [1.82, 2.24) is 5.32 Å². The summed E-state index contributed by atoms with van der Waals surface area (Å²) < 4.78 is 9.62. The van der Waals surface area contributed by atoms with E-state index >= 15 is 0 Å². The smallest absolute Gasteiger partial charge is 0.354 e. The van der Waals surface area contributed by atoms with Gasteiger partial charge in [-0.3, -0.25) is 4.79 Å². The molecule has 0 aliphatic heterocycles. The van der Waals surface area contributed by atoms with Crippen molar-refractivity contribution < 1.29 is 18.7 Å². The highest BCUT2D eigenvalue weighted by Crippen LogP contribution is 2.08. The van der Waals surface area contributed by atoms with Gasteiger partial charge in [-0.25, -0.2) is 4.79 Å². The Hall–Kier alpha value is -2.82. The monoisotopic (exact) mass is 271 g/mol. The molecule has 2 aromatic rings. The number of rotatable bonds is 4. The highest BCUT2D eigenvalue weighted by atomic mass is 16.5. The van der Waals surface area contributed by atoms with E-state index in [9.17, 15) is 9.59 Å². The number of nitrogens with one attached hydrogen (secondary N) is 1. The van der Waals surface area contributed by atoms with Gasteiger partial charge in [0.2, 0.25) is 0 Å². The summed E-state index contributed by atoms with van der Waals surface area (Å²) in [7, 11) is 1.25. The van der Waals surface area contributed by atoms with Crippen LogP contribution in [0.5, 0.6) is 0 Å². The largest absolute Gasteiger partial charge is 0.464 e. The second kappa shape index (κ2) is 6.38. The van der Waals surface area contributed by atoms with Crippen LogP contribution in [-0.4, -0.2) is 19.0 Å². The molecular weight excluding hydrogens is 258 g/mol. The van der Waals surface area contributed by atoms with Crippen molar-refractivity contribution in [3.05, 3.63) is 65.7 Å². The molecule has 1 heterocycles. The number of carbonyl (C=O) groups is 2. The summed E-state index contributed by atoms with van der Waals surface area (Å²) in [5.41, 5.74) is 0.813. The predicted octanol–water partition coefficient (Wildman–Crippen LogP) is 2.22. The molecule has 0 aliphatic carbocycles. The summed E-state index contributed by atoms with van der Waals surface area (Å²) in [4.78, 5) is 23.6. The Morgan fingerprint density at radius 1 is 1.15 bits per heavy atom. The quantitative estimate of drug-likeness (QED) is 0.684. The van der Waals surface area contributed by atoms with Gasteiger partial charge in [0.05, 0.1) is 13.4 Å². The molecule has 0 aliphatic rings. The molecule has 0 spiro atoms. The number of ether oxygens (including phenoxy) is 1. The summed E-state index contributed by atoms with van der Waals surface area (Å²) in [6.45, 7) is 0. The van der Waals surface area contributed by atoms with E-state index in [2.05, 4.69) is 10.1 Å². The first-order valence-electron chi connectivity index (χ1n) is 5.90. The molecule has 1 amide bonds. The van der Waals surface area contributed by atoms with Crippen molar-refractivity contribution in [2.75, 3.05) is 7.11 Å². The molecule has 102 valence electrons. The average Bonchev–Trinajstić information content (AvgIpc) is 3.01. The molecule has 0 saturated heterocycles. The van der Waals surface area contributed by atoms with Crippen LogP contribution in [0, 0.1) is 0 Å². The van der Waals surface area contributed by atoms with Crippen LogP contribution in [0.25, 0.3) is 6.08 Å². The maximum Gasteiger partial charge on any atom is 0.354 e. The normalized spacial score (nSPS) is 10.9. The van der Waals surface area contributed by atoms with E-state index in [0.29, 0.717) is 0 Å². The van der Waals surface area contributed by atoms with E-state index in [0.717, 1.165) is 5.56 Å². The predicted molar refractivity (Wildman–Crippen MR) is 72.6 cm³/mol. The van der Waals surface area contributed by atoms with Gasteiger partial charge in [-0.2, -0.15) is 0 Å². The number of hydrogen-bond acceptors (Lipinski definition) is 4. The van der Waals surface area contributed by atoms with Gasteiger partial charge in [0.25, 0.3) is 5.91 Å². The topological polar surface area (TPSA) is 68.5 Å². The lowest BCUT2D eigenvalue weighted by Gasteiger charge is -2.06. The SMILES string of the molecule is COC(=O)/C(=C/c1ccccc1)NC(=O)c1ccco1. The minimum Gasteiger partial charge on any atom is -0.464 e. The molecule has 0 bridgehead atoms. The van der Waals surface area contributed by atoms with Crippen LogP contribution in [0.15, 0.2) is 58.8 Å². The molecule has 0 atom stereocenters. The molecule has 0 radical (unpaired) electrons. The van der Waals surface area contributed by atoms with Crippen molar-refractivity contribution in [1.29, 1.82) is 0 Å². The Morgan fingerprint density at radius 2 is 1.90 bits per heavy atom. The van der Waals surface area contributed by atoms with Crippen LogP contribution in [0.4, 0.5) is 0 Å². The summed E-state index contributed by atoms with van der Waals surface area (Å²) in [5.74, 6) is -1.02. The second-order valence-corrected chi connectivity index (χ2v) is 3.89. The molecular formula is C15H13NO4. The van der Waals surface area contributed by atoms with Gasteiger partial charge in [-0.05, 0) is 23.8 Å². The van der Waals surface area contributed by atoms with Gasteiger partial charge in [0, 0.05) is 0 Å². The van der Waals surface area contributed by atoms with Crippen LogP contribution in [0.1, 0.15) is 16.1 Å². The highest BCUT2D eigenvalue weighted by molar-refractivity contribution is 6.02. The molecule has 0 saturated carbocycles. The first-order valence-corrected chi connectivity index (χ1v) is 5.90. The minimum atomic E-state index is -0.631. The van der Waals surface area contributed by atoms with Crippen molar-refractivity contribution in [3.63, 3.8) is 0 Å². The zero-order valence-corrected chi connectivity index (χ0v) is 10.8. The van der Waals surface area contributed by atoms with Gasteiger partial charge in [-0.15, -0.1) is 0 Å². The maximum absolute atomic E-state index is 11.9. The summed E-state index contributed by atoms with van der Waals surface area (Å²) >= 11 is 0. The van der Waals surface area contributed by atoms with Gasteiger partial charge in [0.1, 0.15) is 5.70 Å². The van der Waals surface area contributed by atoms with E-state index < -0.39 is 11.9 Å². The Bertz CT molecular complexity index is 615. The number of hydrogen-bond donors (Lipinski definition) is 1. The molecule has 1 N–H and O–H groups in total. The fourth-order valence-electron chi connectivity index (χ4n) is 1.56. The number of amides is 1. The Morgan fingerprint density at radius 3 is 2.50 bits per heavy atom. The lowest BCUT2D eigenvalue weighted by molar-refractivity contribution is -0.136. The molecule has 0 fully saturated rings. The number of carbonyl (C=O) groups excluding carboxylic acids is 2. The zero-order chi connectivity index (χ0) is 14.4. The fraction of sp³-hybridized carbons (Fsp3) is 0.0667. The van der Waals surface area contributed by atoms with Gasteiger partial charge in [-0.1, -0.05) is 30.3 Å². The fourth-order valence-corrected chi connectivity index (χ4v) is 1.56. The Balaban J connectivity index is 2.23. The average molecular weight is 271 g/mol. The number of benzene rings is 1. The van der Waals surface area contributed by atoms with Crippen LogP contribution >= 0.6 is 0 Å². The molecule has 5 nitrogen and oxygen atoms in total. The van der Waals surface area contributed by atoms with Gasteiger partial charge in [0.15, 0.2) is 5.76 Å². The van der Waals surface area contributed by atoms with Crippen molar-refractivity contribution >= 4 is 18.0 Å². The Kier molecular flexibility index (Phi) is 4.34. The van der Waals surface area contributed by atoms with E-state index in [1.165, 1.54) is 25.5 Å². The third kappa shape index (κ3) is 3.35. The van der Waals surface area contributed by atoms with E-state index in [1.54, 1.807) is 6.07 Å². The molecule has 1 aromatic heterocycles. The number of furan rings is 1. The molecule has 5 heteroatoms. The van der Waals surface area contributed by atoms with E-state index in [-0.39, 0.29) is 11.5 Å². The molecule has 2 rings (SSSR count). The van der Waals surface area contributed by atoms with E-state index in [1.807, 2.05) is 30.3 Å². The zero-order valence-electron chi connectivity index (χ0n) is 10.8. The Labute approximate surface area is 115 Å². The molecule has 20 heavy (non-hydrogen) atoms. The second-order valence-electron chi connectivity index (χ2n) is 3.89. The standard InChI is InChI=1S/C15H13NO4/c1-19-15(18)12(10-11-6-3-2-4-7-11)16-14(17)13-8-5-9-20-13/h2-10H,1H3,(H,16,17)/b12-10-. The van der Waals surface area contributed by atoms with Crippen molar-refractivity contribution in [3.8, 4) is 0 Å². The number of methoxy groups -OCH3 is 1. The summed E-state index contributed by atoms with van der Waals surface area (Å²) in [6, 6.07) is 12.2. The third-order valence-electron chi connectivity index (χ3n) is 2.51. The first kappa shape index (κ1) is 13.6. The van der Waals surface area contributed by atoms with Crippen molar-refractivity contribution in [2.24, 2.45) is 0 Å². The first-order chi connectivity index (χ1) is 9.70. The molecule has 1 aromatic carbocycles. The summed E-state index contributed by atoms with van der Waals surface area (Å²) in [6.07, 6.45) is 2.92. The van der Waals surface area contributed by atoms with E-state index in [4.69, 9.17) is 4.42 Å². The van der Waals surface area contributed by atoms with Crippen LogP contribution in [0.2, 0.25) is 0 Å². The summed E-state index contributed by atoms with van der Waals surface area (Å²) in [5, 5.41) is 2.47. The van der Waals surface area contributed by atoms with Crippen LogP contribution < -0.4 is 5.32 Å². The van der Waals surface area contributed by atoms with Gasteiger partial charge < -0.3 is 14.5 Å².